The van der Waals surface area contributed by atoms with Crippen LogP contribution in [0.4, 0.5) is 0 Å². The number of nitrogens with zero attached hydrogens (tertiary/aromatic N) is 1. The second-order valence-corrected chi connectivity index (χ2v) is 2.50. The van der Waals surface area contributed by atoms with Gasteiger partial charge >= 0.3 is 0 Å². The molecular formula is C5H6ClNS. The summed E-state index contributed by atoms with van der Waals surface area (Å²) >= 11 is 6.13. The maximum atomic E-state index is 7.07. The SMILES string of the molecule is [2H]C([2H])([2H])c1nc(Cl)c(C([2H])([2H])[2H])s1. The number of halogens is 1. The van der Waals surface area contributed by atoms with Crippen LogP contribution in [-0.4, -0.2) is 4.98 Å². The molecular weight excluding hydrogens is 142 g/mol. The topological polar surface area (TPSA) is 12.9 Å². The van der Waals surface area contributed by atoms with Crippen LogP contribution in [0.3, 0.4) is 0 Å². The molecule has 0 aliphatic carbocycles. The first-order chi connectivity index (χ1) is 6.12. The molecule has 0 aliphatic heterocycles. The molecule has 0 saturated carbocycles. The van der Waals surface area contributed by atoms with Crippen molar-refractivity contribution < 1.29 is 8.22 Å². The Morgan fingerprint density at radius 2 is 2.62 bits per heavy atom. The minimum atomic E-state index is -2.40. The molecule has 0 amide bonds. The highest BCUT2D eigenvalue weighted by molar-refractivity contribution is 7.12. The van der Waals surface area contributed by atoms with Gasteiger partial charge in [-0.2, -0.15) is 0 Å². The Hall–Kier alpha value is -0.0800. The lowest BCUT2D eigenvalue weighted by Crippen LogP contribution is -1.63. The molecule has 0 radical (unpaired) electrons. The fourth-order valence-electron chi connectivity index (χ4n) is 0.302. The third kappa shape index (κ3) is 1.01. The minimum Gasteiger partial charge on any atom is -0.230 e. The standard InChI is InChI=1S/C5H6ClNS/c1-3-5(6)7-4(2)8-3/h1-2H3/i1D3,2D3. The summed E-state index contributed by atoms with van der Waals surface area (Å²) in [4.78, 5) is 3.33. The fraction of sp³-hybridized carbons (Fsp3) is 0.400. The van der Waals surface area contributed by atoms with Crippen LogP contribution in [0.1, 0.15) is 18.1 Å². The highest BCUT2D eigenvalue weighted by atomic mass is 35.5. The van der Waals surface area contributed by atoms with Gasteiger partial charge in [0.1, 0.15) is 5.15 Å². The highest BCUT2D eigenvalue weighted by Crippen LogP contribution is 2.19. The smallest absolute Gasteiger partial charge is 0.143 e. The molecule has 3 heteroatoms. The van der Waals surface area contributed by atoms with E-state index >= 15 is 0 Å². The van der Waals surface area contributed by atoms with Crippen LogP contribution in [0.5, 0.6) is 0 Å². The first-order valence-corrected chi connectivity index (χ1v) is 2.99. The summed E-state index contributed by atoms with van der Waals surface area (Å²) < 4.78 is 42.3. The summed E-state index contributed by atoms with van der Waals surface area (Å²) in [5, 5.41) is -0.491. The van der Waals surface area contributed by atoms with Crippen molar-refractivity contribution >= 4 is 22.9 Å². The molecule has 0 fully saturated rings. The van der Waals surface area contributed by atoms with Crippen molar-refractivity contribution in [1.29, 1.82) is 0 Å². The monoisotopic (exact) mass is 153 g/mol. The first-order valence-electron chi connectivity index (χ1n) is 4.79. The molecule has 0 N–H and O–H groups in total. The van der Waals surface area contributed by atoms with E-state index in [1.807, 2.05) is 0 Å². The Balaban J connectivity index is 3.19. The lowest BCUT2D eigenvalue weighted by atomic mass is 10.6. The lowest BCUT2D eigenvalue weighted by Gasteiger charge is -1.74. The van der Waals surface area contributed by atoms with Gasteiger partial charge in [-0.3, -0.25) is 0 Å². The van der Waals surface area contributed by atoms with Gasteiger partial charge in [-0.05, 0) is 13.7 Å². The summed E-state index contributed by atoms with van der Waals surface area (Å²) in [6.07, 6.45) is 0. The van der Waals surface area contributed by atoms with E-state index in [0.29, 0.717) is 11.3 Å². The second-order valence-electron chi connectivity index (χ2n) is 1.14. The van der Waals surface area contributed by atoms with E-state index < -0.39 is 13.7 Å². The number of aromatic nitrogens is 1. The van der Waals surface area contributed by atoms with Crippen LogP contribution in [0.25, 0.3) is 0 Å². The zero-order chi connectivity index (χ0) is 11.1. The van der Waals surface area contributed by atoms with E-state index in [1.54, 1.807) is 0 Å². The van der Waals surface area contributed by atoms with Crippen LogP contribution in [-0.2, 0) is 0 Å². The van der Waals surface area contributed by atoms with Crippen molar-refractivity contribution in [2.24, 2.45) is 0 Å². The molecule has 1 rings (SSSR count). The van der Waals surface area contributed by atoms with Gasteiger partial charge in [0.05, 0.1) is 5.01 Å². The molecule has 0 aromatic carbocycles. The first kappa shape index (κ1) is 1.96. The summed E-state index contributed by atoms with van der Waals surface area (Å²) in [5.74, 6) is 0. The lowest BCUT2D eigenvalue weighted by molar-refractivity contribution is 1.28. The van der Waals surface area contributed by atoms with E-state index in [0.717, 1.165) is 0 Å². The Morgan fingerprint density at radius 1 is 1.75 bits per heavy atom. The van der Waals surface area contributed by atoms with E-state index in [4.69, 9.17) is 19.8 Å². The van der Waals surface area contributed by atoms with Gasteiger partial charge in [0, 0.05) is 13.1 Å². The van der Waals surface area contributed by atoms with E-state index in [9.17, 15) is 0 Å². The summed E-state index contributed by atoms with van der Waals surface area (Å²) in [6, 6.07) is 0. The molecule has 1 heterocycles. The number of thiazole rings is 1. The number of rotatable bonds is 0. The minimum absolute atomic E-state index is 0.176. The van der Waals surface area contributed by atoms with E-state index in [2.05, 4.69) is 4.98 Å². The van der Waals surface area contributed by atoms with E-state index in [-0.39, 0.29) is 15.0 Å². The van der Waals surface area contributed by atoms with Crippen molar-refractivity contribution in [3.05, 3.63) is 15.0 Å². The van der Waals surface area contributed by atoms with Crippen LogP contribution in [0.15, 0.2) is 0 Å². The maximum absolute atomic E-state index is 7.07. The molecule has 0 spiro atoms. The molecule has 44 valence electrons. The van der Waals surface area contributed by atoms with Crippen molar-refractivity contribution in [3.63, 3.8) is 0 Å². The Bertz CT molecular complexity index is 339. The van der Waals surface area contributed by atoms with Crippen molar-refractivity contribution in [1.82, 2.24) is 4.98 Å². The molecule has 0 unspecified atom stereocenters. The van der Waals surface area contributed by atoms with Crippen LogP contribution in [0.2, 0.25) is 5.15 Å². The third-order valence-corrected chi connectivity index (χ3v) is 1.65. The Kier molecular flexibility index (Phi) is 0.498. The highest BCUT2D eigenvalue weighted by Gasteiger charge is 1.98. The zero-order valence-corrected chi connectivity index (χ0v) is 5.31. The van der Waals surface area contributed by atoms with Gasteiger partial charge in [0.2, 0.25) is 0 Å². The number of aryl methyl sites for hydroxylation is 2. The summed E-state index contributed by atoms with van der Waals surface area (Å²) in [7, 11) is 0. The quantitative estimate of drug-likeness (QED) is 0.558. The number of hydrogen-bond acceptors (Lipinski definition) is 2. The molecule has 0 atom stereocenters. The second kappa shape index (κ2) is 2.03. The predicted octanol–water partition coefficient (Wildman–Crippen LogP) is 2.41. The van der Waals surface area contributed by atoms with Gasteiger partial charge < -0.3 is 0 Å². The van der Waals surface area contributed by atoms with Crippen LogP contribution >= 0.6 is 22.9 Å². The Morgan fingerprint density at radius 3 is 3.00 bits per heavy atom. The summed E-state index contributed by atoms with van der Waals surface area (Å²) in [5.41, 5.74) is 0. The van der Waals surface area contributed by atoms with Gasteiger partial charge in [-0.15, -0.1) is 11.3 Å². The average molecular weight is 154 g/mol. The fourth-order valence-corrected chi connectivity index (χ4v) is 1.01. The third-order valence-electron chi connectivity index (χ3n) is 0.586. The maximum Gasteiger partial charge on any atom is 0.143 e. The molecule has 0 bridgehead atoms. The molecule has 0 saturated heterocycles. The van der Waals surface area contributed by atoms with Gasteiger partial charge in [0.15, 0.2) is 0 Å². The molecule has 1 nitrogen and oxygen atoms in total. The van der Waals surface area contributed by atoms with Crippen molar-refractivity contribution in [2.75, 3.05) is 0 Å². The van der Waals surface area contributed by atoms with Crippen LogP contribution in [0, 0.1) is 13.7 Å². The van der Waals surface area contributed by atoms with Crippen molar-refractivity contribution in [3.8, 4) is 0 Å². The Labute approximate surface area is 65.8 Å². The van der Waals surface area contributed by atoms with Gasteiger partial charge in [-0.25, -0.2) is 4.98 Å². The molecule has 1 aromatic rings. The molecule has 0 aliphatic rings. The molecule has 8 heavy (non-hydrogen) atoms. The van der Waals surface area contributed by atoms with Gasteiger partial charge in [0.25, 0.3) is 0 Å². The van der Waals surface area contributed by atoms with E-state index in [1.165, 1.54) is 0 Å². The zero-order valence-electron chi connectivity index (χ0n) is 9.73. The number of hydrogen-bond donors (Lipinski definition) is 0. The van der Waals surface area contributed by atoms with Gasteiger partial charge in [-0.1, -0.05) is 11.6 Å². The van der Waals surface area contributed by atoms with Crippen LogP contribution < -0.4 is 0 Å². The van der Waals surface area contributed by atoms with Crippen molar-refractivity contribution in [2.45, 2.75) is 13.7 Å². The predicted molar refractivity (Wildman–Crippen MR) is 36.6 cm³/mol. The normalized spacial score (nSPS) is 24.1. The average Bonchev–Trinajstić information content (AvgIpc) is 2.27. The largest absolute Gasteiger partial charge is 0.230 e. The summed E-state index contributed by atoms with van der Waals surface area (Å²) in [6.45, 7) is -4.81. The molecule has 1 aromatic heterocycles.